The summed E-state index contributed by atoms with van der Waals surface area (Å²) in [5.41, 5.74) is 0.442. The highest BCUT2D eigenvalue weighted by molar-refractivity contribution is 9.10. The molecule has 2 nitrogen and oxygen atoms in total. The molecule has 0 aliphatic carbocycles. The quantitative estimate of drug-likeness (QED) is 0.820. The van der Waals surface area contributed by atoms with Crippen molar-refractivity contribution in [2.45, 2.75) is 6.54 Å². The van der Waals surface area contributed by atoms with Gasteiger partial charge < -0.3 is 10.4 Å². The molecule has 0 saturated heterocycles. The number of aromatic hydroxyl groups is 1. The lowest BCUT2D eigenvalue weighted by atomic mass is 10.2. The monoisotopic (exact) mass is 233 g/mol. The highest BCUT2D eigenvalue weighted by atomic mass is 79.9. The fraction of sp³-hybridized carbons (Fsp3) is 0.250. The van der Waals surface area contributed by atoms with Crippen LogP contribution < -0.4 is 5.32 Å². The van der Waals surface area contributed by atoms with Gasteiger partial charge in [0.15, 0.2) is 0 Å². The van der Waals surface area contributed by atoms with Crippen LogP contribution in [0.5, 0.6) is 5.75 Å². The van der Waals surface area contributed by atoms with Crippen LogP contribution in [0.1, 0.15) is 5.56 Å². The molecule has 1 aromatic rings. The molecule has 0 aromatic heterocycles. The van der Waals surface area contributed by atoms with Crippen molar-refractivity contribution in [3.05, 3.63) is 28.0 Å². The molecule has 0 atom stereocenters. The fourth-order valence-corrected chi connectivity index (χ4v) is 1.39. The van der Waals surface area contributed by atoms with Crippen molar-refractivity contribution < 1.29 is 9.50 Å². The summed E-state index contributed by atoms with van der Waals surface area (Å²) in [4.78, 5) is 0. The molecule has 0 amide bonds. The molecular formula is C8H9BrFNO. The zero-order valence-corrected chi connectivity index (χ0v) is 8.15. The molecule has 1 aromatic carbocycles. The van der Waals surface area contributed by atoms with E-state index in [0.29, 0.717) is 16.6 Å². The molecule has 0 aliphatic rings. The van der Waals surface area contributed by atoms with Gasteiger partial charge in [-0.05, 0) is 35.1 Å². The zero-order chi connectivity index (χ0) is 9.14. The maximum absolute atomic E-state index is 13.0. The normalized spacial score (nSPS) is 10.2. The van der Waals surface area contributed by atoms with Gasteiger partial charge in [0, 0.05) is 12.1 Å². The first-order chi connectivity index (χ1) is 5.66. The van der Waals surface area contributed by atoms with Crippen molar-refractivity contribution in [3.8, 4) is 5.75 Å². The number of hydrogen-bond acceptors (Lipinski definition) is 2. The third-order valence-corrected chi connectivity index (χ3v) is 2.40. The van der Waals surface area contributed by atoms with Gasteiger partial charge >= 0.3 is 0 Å². The van der Waals surface area contributed by atoms with Crippen molar-refractivity contribution >= 4 is 15.9 Å². The molecule has 2 N–H and O–H groups in total. The van der Waals surface area contributed by atoms with E-state index in [2.05, 4.69) is 21.2 Å². The maximum atomic E-state index is 13.0. The Bertz CT molecular complexity index is 291. The summed E-state index contributed by atoms with van der Waals surface area (Å²) in [6.07, 6.45) is 0. The van der Waals surface area contributed by atoms with Gasteiger partial charge in [-0.3, -0.25) is 0 Å². The first-order valence-electron chi connectivity index (χ1n) is 3.47. The van der Waals surface area contributed by atoms with Gasteiger partial charge in [-0.1, -0.05) is 0 Å². The zero-order valence-electron chi connectivity index (χ0n) is 6.56. The van der Waals surface area contributed by atoms with Crippen LogP contribution in [0.2, 0.25) is 0 Å². The van der Waals surface area contributed by atoms with Gasteiger partial charge in [0.2, 0.25) is 0 Å². The summed E-state index contributed by atoms with van der Waals surface area (Å²) in [5, 5.41) is 12.0. The number of halogens is 2. The lowest BCUT2D eigenvalue weighted by Gasteiger charge is -2.06. The summed E-state index contributed by atoms with van der Waals surface area (Å²) < 4.78 is 13.5. The Hall–Kier alpha value is -0.610. The van der Waals surface area contributed by atoms with E-state index in [0.717, 1.165) is 0 Å². The molecule has 0 spiro atoms. The lowest BCUT2D eigenvalue weighted by molar-refractivity contribution is 0.466. The molecule has 12 heavy (non-hydrogen) atoms. The summed E-state index contributed by atoms with van der Waals surface area (Å²) in [6.45, 7) is 0.390. The topological polar surface area (TPSA) is 32.3 Å². The van der Waals surface area contributed by atoms with Gasteiger partial charge in [-0.15, -0.1) is 0 Å². The standard InChI is InChI=1S/C8H9BrFNO/c1-11-4-5-6(10)2-3-7(12)8(5)9/h2-3,11-12H,4H2,1H3. The SMILES string of the molecule is CNCc1c(F)ccc(O)c1Br. The Labute approximate surface area is 78.5 Å². The second kappa shape index (κ2) is 3.87. The molecule has 0 bridgehead atoms. The van der Waals surface area contributed by atoms with E-state index < -0.39 is 0 Å². The van der Waals surface area contributed by atoms with Gasteiger partial charge in [-0.25, -0.2) is 4.39 Å². The Morgan fingerprint density at radius 2 is 2.25 bits per heavy atom. The van der Waals surface area contributed by atoms with Crippen molar-refractivity contribution in [1.29, 1.82) is 0 Å². The number of phenolic OH excluding ortho intramolecular Hbond substituents is 1. The number of phenols is 1. The first kappa shape index (κ1) is 9.48. The molecule has 4 heteroatoms. The Morgan fingerprint density at radius 3 is 2.83 bits per heavy atom. The summed E-state index contributed by atoms with van der Waals surface area (Å²) in [7, 11) is 1.72. The molecular weight excluding hydrogens is 225 g/mol. The van der Waals surface area contributed by atoms with Gasteiger partial charge in [0.05, 0.1) is 4.47 Å². The number of rotatable bonds is 2. The van der Waals surface area contributed by atoms with Crippen molar-refractivity contribution in [2.75, 3.05) is 7.05 Å². The van der Waals surface area contributed by atoms with Crippen LogP contribution in [0.25, 0.3) is 0 Å². The highest BCUT2D eigenvalue weighted by Gasteiger charge is 2.09. The van der Waals surface area contributed by atoms with Crippen LogP contribution in [0.15, 0.2) is 16.6 Å². The molecule has 66 valence electrons. The minimum absolute atomic E-state index is 0.0571. The minimum atomic E-state index is -0.325. The molecule has 0 radical (unpaired) electrons. The highest BCUT2D eigenvalue weighted by Crippen LogP contribution is 2.29. The van der Waals surface area contributed by atoms with Crippen LogP contribution in [-0.4, -0.2) is 12.2 Å². The molecule has 0 heterocycles. The van der Waals surface area contributed by atoms with Crippen molar-refractivity contribution in [3.63, 3.8) is 0 Å². The van der Waals surface area contributed by atoms with E-state index in [-0.39, 0.29) is 11.6 Å². The Balaban J connectivity index is 3.14. The third kappa shape index (κ3) is 1.76. The average Bonchev–Trinajstić information content (AvgIpc) is 2.06. The van der Waals surface area contributed by atoms with E-state index in [9.17, 15) is 9.50 Å². The van der Waals surface area contributed by atoms with Crippen LogP contribution in [0.4, 0.5) is 4.39 Å². The van der Waals surface area contributed by atoms with Crippen LogP contribution in [0.3, 0.4) is 0 Å². The summed E-state index contributed by atoms with van der Waals surface area (Å²) >= 11 is 3.10. The van der Waals surface area contributed by atoms with Gasteiger partial charge in [0.1, 0.15) is 11.6 Å². The van der Waals surface area contributed by atoms with E-state index in [1.165, 1.54) is 12.1 Å². The molecule has 0 fully saturated rings. The van der Waals surface area contributed by atoms with Crippen molar-refractivity contribution in [1.82, 2.24) is 5.32 Å². The van der Waals surface area contributed by atoms with E-state index in [4.69, 9.17) is 0 Å². The third-order valence-electron chi connectivity index (χ3n) is 1.52. The van der Waals surface area contributed by atoms with E-state index in [1.54, 1.807) is 7.05 Å². The predicted octanol–water partition coefficient (Wildman–Crippen LogP) is 2.01. The minimum Gasteiger partial charge on any atom is -0.507 e. The summed E-state index contributed by atoms with van der Waals surface area (Å²) in [5.74, 6) is -0.268. The smallest absolute Gasteiger partial charge is 0.130 e. The molecule has 0 aliphatic heterocycles. The van der Waals surface area contributed by atoms with Gasteiger partial charge in [-0.2, -0.15) is 0 Å². The summed E-state index contributed by atoms with van der Waals surface area (Å²) in [6, 6.07) is 2.56. The first-order valence-corrected chi connectivity index (χ1v) is 4.26. The number of benzene rings is 1. The van der Waals surface area contributed by atoms with Crippen LogP contribution >= 0.6 is 15.9 Å². The van der Waals surface area contributed by atoms with E-state index in [1.807, 2.05) is 0 Å². The predicted molar refractivity (Wildman–Crippen MR) is 48.5 cm³/mol. The van der Waals surface area contributed by atoms with Gasteiger partial charge in [0.25, 0.3) is 0 Å². The molecule has 0 saturated carbocycles. The molecule has 0 unspecified atom stereocenters. The van der Waals surface area contributed by atoms with Crippen LogP contribution in [0, 0.1) is 5.82 Å². The van der Waals surface area contributed by atoms with Crippen LogP contribution in [-0.2, 0) is 6.54 Å². The Kier molecular flexibility index (Phi) is 3.05. The lowest BCUT2D eigenvalue weighted by Crippen LogP contribution is -2.07. The number of hydrogen-bond donors (Lipinski definition) is 2. The fourth-order valence-electron chi connectivity index (χ4n) is 0.924. The molecule has 1 rings (SSSR count). The van der Waals surface area contributed by atoms with E-state index >= 15 is 0 Å². The van der Waals surface area contributed by atoms with Crippen molar-refractivity contribution in [2.24, 2.45) is 0 Å². The number of nitrogens with one attached hydrogen (secondary N) is 1. The maximum Gasteiger partial charge on any atom is 0.130 e. The Morgan fingerprint density at radius 1 is 1.58 bits per heavy atom. The second-order valence-corrected chi connectivity index (χ2v) is 3.18. The average molecular weight is 234 g/mol. The largest absolute Gasteiger partial charge is 0.507 e. The second-order valence-electron chi connectivity index (χ2n) is 2.39.